The van der Waals surface area contributed by atoms with Crippen molar-refractivity contribution >= 4 is 23.2 Å². The number of carbonyl (C=O) groups excluding carboxylic acids is 2. The zero-order chi connectivity index (χ0) is 15.9. The molecule has 0 unspecified atom stereocenters. The molecule has 1 aromatic rings. The summed E-state index contributed by atoms with van der Waals surface area (Å²) in [4.78, 5) is 23.8. The van der Waals surface area contributed by atoms with E-state index < -0.39 is 0 Å². The van der Waals surface area contributed by atoms with Crippen LogP contribution in [0.4, 0.5) is 11.4 Å². The van der Waals surface area contributed by atoms with Gasteiger partial charge in [-0.05, 0) is 37.0 Å². The van der Waals surface area contributed by atoms with Gasteiger partial charge in [-0.15, -0.1) is 0 Å². The van der Waals surface area contributed by atoms with Gasteiger partial charge in [0, 0.05) is 17.3 Å². The average Bonchev–Trinajstić information content (AvgIpc) is 2.55. The van der Waals surface area contributed by atoms with Gasteiger partial charge in [-0.3, -0.25) is 9.59 Å². The lowest BCUT2D eigenvalue weighted by Gasteiger charge is -2.21. The van der Waals surface area contributed by atoms with Crippen LogP contribution in [-0.2, 0) is 16.0 Å². The Balaban J connectivity index is 2.08. The first-order valence-electron chi connectivity index (χ1n) is 8.07. The topological polar surface area (TPSA) is 84.2 Å². The van der Waals surface area contributed by atoms with Gasteiger partial charge >= 0.3 is 0 Å². The van der Waals surface area contributed by atoms with Crippen LogP contribution in [0.5, 0.6) is 0 Å². The first kappa shape index (κ1) is 16.5. The molecule has 0 radical (unpaired) electrons. The zero-order valence-electron chi connectivity index (χ0n) is 13.2. The number of amides is 2. The zero-order valence-corrected chi connectivity index (χ0v) is 13.2. The van der Waals surface area contributed by atoms with Crippen molar-refractivity contribution in [2.45, 2.75) is 45.4 Å². The van der Waals surface area contributed by atoms with Gasteiger partial charge in [-0.1, -0.05) is 32.3 Å². The van der Waals surface area contributed by atoms with Gasteiger partial charge in [0.25, 0.3) is 0 Å². The highest BCUT2D eigenvalue weighted by Crippen LogP contribution is 2.26. The summed E-state index contributed by atoms with van der Waals surface area (Å²) in [6.07, 6.45) is 6.22. The Bertz CT molecular complexity index is 537. The van der Waals surface area contributed by atoms with Gasteiger partial charge in [0.2, 0.25) is 11.8 Å². The normalized spacial score (nSPS) is 15.4. The molecule has 0 aliphatic heterocycles. The van der Waals surface area contributed by atoms with Gasteiger partial charge in [0.15, 0.2) is 0 Å². The lowest BCUT2D eigenvalue weighted by atomic mass is 9.88. The molecule has 1 aliphatic carbocycles. The van der Waals surface area contributed by atoms with Crippen LogP contribution < -0.4 is 16.4 Å². The van der Waals surface area contributed by atoms with E-state index >= 15 is 0 Å². The summed E-state index contributed by atoms with van der Waals surface area (Å²) in [6, 6.07) is 5.63. The Kier molecular flexibility index (Phi) is 5.95. The quantitative estimate of drug-likeness (QED) is 0.782. The fourth-order valence-electron chi connectivity index (χ4n) is 2.89. The molecule has 22 heavy (non-hydrogen) atoms. The summed E-state index contributed by atoms with van der Waals surface area (Å²) < 4.78 is 0. The van der Waals surface area contributed by atoms with Crippen LogP contribution in [0, 0.1) is 5.92 Å². The highest BCUT2D eigenvalue weighted by molar-refractivity contribution is 5.96. The van der Waals surface area contributed by atoms with Gasteiger partial charge < -0.3 is 16.4 Å². The van der Waals surface area contributed by atoms with E-state index in [9.17, 15) is 9.59 Å². The maximum absolute atomic E-state index is 12.3. The number of hydrogen-bond donors (Lipinski definition) is 3. The Morgan fingerprint density at radius 2 is 1.91 bits per heavy atom. The van der Waals surface area contributed by atoms with Crippen molar-refractivity contribution in [1.29, 1.82) is 0 Å². The van der Waals surface area contributed by atoms with E-state index in [0.717, 1.165) is 49.0 Å². The smallest absolute Gasteiger partial charge is 0.238 e. The summed E-state index contributed by atoms with van der Waals surface area (Å²) in [5.41, 5.74) is 7.82. The molecule has 1 aromatic carbocycles. The van der Waals surface area contributed by atoms with Crippen molar-refractivity contribution in [3.8, 4) is 0 Å². The summed E-state index contributed by atoms with van der Waals surface area (Å²) in [5.74, 6) is -0.0350. The minimum absolute atomic E-state index is 0.0538. The van der Waals surface area contributed by atoms with E-state index in [2.05, 4.69) is 10.6 Å². The predicted octanol–water partition coefficient (Wildman–Crippen LogP) is 2.67. The Morgan fingerprint density at radius 1 is 1.18 bits per heavy atom. The summed E-state index contributed by atoms with van der Waals surface area (Å²) in [6.45, 7) is 1.97. The molecular weight excluding hydrogens is 278 g/mol. The highest BCUT2D eigenvalue weighted by atomic mass is 16.2. The molecule has 0 saturated heterocycles. The van der Waals surface area contributed by atoms with Gasteiger partial charge in [0.05, 0.1) is 6.54 Å². The number of benzene rings is 1. The molecule has 0 aromatic heterocycles. The first-order valence-corrected chi connectivity index (χ1v) is 8.07. The molecule has 120 valence electrons. The number of carbonyl (C=O) groups is 2. The van der Waals surface area contributed by atoms with Crippen molar-refractivity contribution in [1.82, 2.24) is 0 Å². The molecule has 4 N–H and O–H groups in total. The van der Waals surface area contributed by atoms with E-state index in [1.807, 2.05) is 25.1 Å². The van der Waals surface area contributed by atoms with Gasteiger partial charge in [-0.2, -0.15) is 0 Å². The van der Waals surface area contributed by atoms with Crippen molar-refractivity contribution in [2.24, 2.45) is 11.7 Å². The lowest BCUT2D eigenvalue weighted by molar-refractivity contribution is -0.120. The van der Waals surface area contributed by atoms with Crippen molar-refractivity contribution < 1.29 is 9.59 Å². The predicted molar refractivity (Wildman–Crippen MR) is 88.7 cm³/mol. The van der Waals surface area contributed by atoms with Gasteiger partial charge in [-0.25, -0.2) is 0 Å². The van der Waals surface area contributed by atoms with E-state index in [1.54, 1.807) is 0 Å². The molecule has 1 aliphatic rings. The summed E-state index contributed by atoms with van der Waals surface area (Å²) >= 11 is 0. The molecule has 2 rings (SSSR count). The maximum Gasteiger partial charge on any atom is 0.238 e. The van der Waals surface area contributed by atoms with Crippen molar-refractivity contribution in [3.63, 3.8) is 0 Å². The second-order valence-corrected chi connectivity index (χ2v) is 5.80. The van der Waals surface area contributed by atoms with Crippen LogP contribution in [0.15, 0.2) is 18.2 Å². The minimum Gasteiger partial charge on any atom is -0.326 e. The highest BCUT2D eigenvalue weighted by Gasteiger charge is 2.21. The van der Waals surface area contributed by atoms with Crippen LogP contribution in [0.25, 0.3) is 0 Å². The van der Waals surface area contributed by atoms with Crippen molar-refractivity contribution in [2.75, 3.05) is 17.2 Å². The SMILES string of the molecule is CCc1ccc(NC(=O)C2CCCCC2)cc1NC(=O)CN. The molecule has 5 heteroatoms. The van der Waals surface area contributed by atoms with Crippen molar-refractivity contribution in [3.05, 3.63) is 23.8 Å². The molecule has 1 saturated carbocycles. The number of anilines is 2. The molecule has 2 amide bonds. The van der Waals surface area contributed by atoms with E-state index in [4.69, 9.17) is 5.73 Å². The lowest BCUT2D eigenvalue weighted by Crippen LogP contribution is -2.25. The molecule has 5 nitrogen and oxygen atoms in total. The summed E-state index contributed by atoms with van der Waals surface area (Å²) in [5, 5.41) is 5.76. The number of aryl methyl sites for hydroxylation is 1. The fourth-order valence-corrected chi connectivity index (χ4v) is 2.89. The molecule has 1 fully saturated rings. The number of nitrogens with two attached hydrogens (primary N) is 1. The molecule has 0 atom stereocenters. The molecule has 0 heterocycles. The standard InChI is InChI=1S/C17H25N3O2/c1-2-12-8-9-14(10-15(12)20-16(21)11-18)19-17(22)13-6-4-3-5-7-13/h8-10,13H,2-7,11,18H2,1H3,(H,19,22)(H,20,21). The van der Waals surface area contributed by atoms with Crippen LogP contribution in [0.3, 0.4) is 0 Å². The number of hydrogen-bond acceptors (Lipinski definition) is 3. The third kappa shape index (κ3) is 4.31. The average molecular weight is 303 g/mol. The van der Waals surface area contributed by atoms with E-state index in [-0.39, 0.29) is 24.3 Å². The minimum atomic E-state index is -0.231. The number of nitrogens with one attached hydrogen (secondary N) is 2. The van der Waals surface area contributed by atoms with E-state index in [0.29, 0.717) is 0 Å². The Morgan fingerprint density at radius 3 is 2.55 bits per heavy atom. The summed E-state index contributed by atoms with van der Waals surface area (Å²) in [7, 11) is 0. The Labute approximate surface area is 131 Å². The Hall–Kier alpha value is -1.88. The monoisotopic (exact) mass is 303 g/mol. The van der Waals surface area contributed by atoms with Crippen LogP contribution in [-0.4, -0.2) is 18.4 Å². The third-order valence-corrected chi connectivity index (χ3v) is 4.19. The molecule has 0 bridgehead atoms. The van der Waals surface area contributed by atoms with Crippen LogP contribution in [0.1, 0.15) is 44.6 Å². The second-order valence-electron chi connectivity index (χ2n) is 5.80. The van der Waals surface area contributed by atoms with Crippen LogP contribution in [0.2, 0.25) is 0 Å². The fraction of sp³-hybridized carbons (Fsp3) is 0.529. The number of rotatable bonds is 5. The van der Waals surface area contributed by atoms with E-state index in [1.165, 1.54) is 6.42 Å². The first-order chi connectivity index (χ1) is 10.6. The third-order valence-electron chi connectivity index (χ3n) is 4.19. The van der Waals surface area contributed by atoms with Crippen LogP contribution >= 0.6 is 0 Å². The van der Waals surface area contributed by atoms with Gasteiger partial charge in [0.1, 0.15) is 0 Å². The second kappa shape index (κ2) is 7.94. The molecule has 0 spiro atoms. The largest absolute Gasteiger partial charge is 0.326 e. The molecular formula is C17H25N3O2. The maximum atomic E-state index is 12.3.